The van der Waals surface area contributed by atoms with E-state index in [1.165, 1.54) is 33.4 Å². The molecule has 0 saturated carbocycles. The molecule has 0 spiro atoms. The monoisotopic (exact) mass is 387 g/mol. The SMILES string of the molecule is C=CC(CC)C(NC(=C)/C=C(/C)CC)C1=C(C)C=C(C2=CC=C(C)C=C=C2)CC1. The lowest BCUT2D eigenvalue weighted by Gasteiger charge is -2.32. The highest BCUT2D eigenvalue weighted by atomic mass is 14.9. The summed E-state index contributed by atoms with van der Waals surface area (Å²) in [5.41, 5.74) is 12.3. The van der Waals surface area contributed by atoms with Crippen LogP contribution >= 0.6 is 0 Å². The molecular formula is C28H37N. The summed E-state index contributed by atoms with van der Waals surface area (Å²) in [6, 6.07) is 0.240. The van der Waals surface area contributed by atoms with Gasteiger partial charge in [0.25, 0.3) is 0 Å². The van der Waals surface area contributed by atoms with E-state index in [-0.39, 0.29) is 6.04 Å². The molecule has 0 radical (unpaired) electrons. The number of hydrogen-bond acceptors (Lipinski definition) is 1. The van der Waals surface area contributed by atoms with Crippen molar-refractivity contribution in [2.24, 2.45) is 5.92 Å². The molecule has 2 aliphatic carbocycles. The molecule has 2 aliphatic rings. The third-order valence-corrected chi connectivity index (χ3v) is 5.90. The molecule has 1 nitrogen and oxygen atoms in total. The summed E-state index contributed by atoms with van der Waals surface area (Å²) in [5.74, 6) is 0.382. The summed E-state index contributed by atoms with van der Waals surface area (Å²) in [7, 11) is 0. The lowest BCUT2D eigenvalue weighted by Crippen LogP contribution is -2.37. The van der Waals surface area contributed by atoms with Crippen molar-refractivity contribution in [2.45, 2.75) is 66.3 Å². The molecule has 1 heteroatoms. The van der Waals surface area contributed by atoms with Gasteiger partial charge in [0.15, 0.2) is 0 Å². The van der Waals surface area contributed by atoms with Crippen LogP contribution in [0.1, 0.15) is 60.3 Å². The van der Waals surface area contributed by atoms with Crippen molar-refractivity contribution >= 4 is 0 Å². The van der Waals surface area contributed by atoms with Crippen LogP contribution in [-0.2, 0) is 0 Å². The zero-order valence-corrected chi connectivity index (χ0v) is 18.9. The van der Waals surface area contributed by atoms with Crippen LogP contribution in [-0.4, -0.2) is 6.04 Å². The molecule has 1 N–H and O–H groups in total. The fraction of sp³-hybridized carbons (Fsp3) is 0.393. The molecule has 0 fully saturated rings. The van der Waals surface area contributed by atoms with E-state index in [9.17, 15) is 0 Å². The minimum atomic E-state index is 0.240. The zero-order chi connectivity index (χ0) is 21.4. The molecule has 29 heavy (non-hydrogen) atoms. The van der Waals surface area contributed by atoms with Gasteiger partial charge < -0.3 is 5.32 Å². The summed E-state index contributed by atoms with van der Waals surface area (Å²) in [5, 5.41) is 3.72. The van der Waals surface area contributed by atoms with E-state index in [2.05, 4.69) is 95.3 Å². The Labute approximate surface area is 178 Å². The Morgan fingerprint density at radius 1 is 1.21 bits per heavy atom. The van der Waals surface area contributed by atoms with Gasteiger partial charge in [-0.15, -0.1) is 12.3 Å². The van der Waals surface area contributed by atoms with Gasteiger partial charge in [0, 0.05) is 11.6 Å². The van der Waals surface area contributed by atoms with Gasteiger partial charge in [-0.1, -0.05) is 50.3 Å². The predicted octanol–water partition coefficient (Wildman–Crippen LogP) is 7.66. The van der Waals surface area contributed by atoms with Gasteiger partial charge in [0.05, 0.1) is 6.04 Å². The first-order valence-electron chi connectivity index (χ1n) is 10.9. The summed E-state index contributed by atoms with van der Waals surface area (Å²) in [4.78, 5) is 0. The Kier molecular flexibility index (Phi) is 8.55. The smallest absolute Gasteiger partial charge is 0.0541 e. The summed E-state index contributed by atoms with van der Waals surface area (Å²) in [6.45, 7) is 19.3. The van der Waals surface area contributed by atoms with E-state index in [1.54, 1.807) is 0 Å². The van der Waals surface area contributed by atoms with Crippen LogP contribution in [0.25, 0.3) is 0 Å². The van der Waals surface area contributed by atoms with E-state index in [1.807, 2.05) is 6.08 Å². The quantitative estimate of drug-likeness (QED) is 0.243. The molecule has 154 valence electrons. The second-order valence-electron chi connectivity index (χ2n) is 8.17. The minimum Gasteiger partial charge on any atom is -0.378 e. The third kappa shape index (κ3) is 6.24. The Hall–Kier alpha value is -2.50. The van der Waals surface area contributed by atoms with Crippen molar-refractivity contribution < 1.29 is 0 Å². The molecule has 2 atom stereocenters. The number of allylic oxidation sites excluding steroid dienone is 10. The van der Waals surface area contributed by atoms with Crippen molar-refractivity contribution in [3.05, 3.63) is 101 Å². The van der Waals surface area contributed by atoms with Gasteiger partial charge in [-0.2, -0.15) is 0 Å². The summed E-state index contributed by atoms with van der Waals surface area (Å²) < 4.78 is 0. The Balaban J connectivity index is 2.36. The second kappa shape index (κ2) is 10.9. The first-order chi connectivity index (χ1) is 13.9. The first kappa shape index (κ1) is 22.8. The maximum Gasteiger partial charge on any atom is 0.0541 e. The molecule has 2 rings (SSSR count). The van der Waals surface area contributed by atoms with Gasteiger partial charge >= 0.3 is 0 Å². The average Bonchev–Trinajstić information content (AvgIpc) is 2.92. The van der Waals surface area contributed by atoms with Gasteiger partial charge in [-0.05, 0) is 92.5 Å². The van der Waals surface area contributed by atoms with Crippen molar-refractivity contribution in [2.75, 3.05) is 0 Å². The van der Waals surface area contributed by atoms with E-state index in [0.717, 1.165) is 31.4 Å². The third-order valence-electron chi connectivity index (χ3n) is 5.90. The van der Waals surface area contributed by atoms with Crippen LogP contribution in [0.4, 0.5) is 0 Å². The average molecular weight is 388 g/mol. The van der Waals surface area contributed by atoms with Crippen molar-refractivity contribution in [3.8, 4) is 0 Å². The molecule has 0 aliphatic heterocycles. The van der Waals surface area contributed by atoms with E-state index >= 15 is 0 Å². The molecule has 0 aromatic heterocycles. The largest absolute Gasteiger partial charge is 0.378 e. The van der Waals surface area contributed by atoms with Crippen LogP contribution in [0.5, 0.6) is 0 Å². The van der Waals surface area contributed by atoms with Crippen molar-refractivity contribution in [1.29, 1.82) is 0 Å². The molecule has 0 aromatic carbocycles. The molecule has 0 amide bonds. The van der Waals surface area contributed by atoms with Crippen LogP contribution < -0.4 is 5.32 Å². The predicted molar refractivity (Wildman–Crippen MR) is 129 cm³/mol. The molecule has 0 heterocycles. The highest BCUT2D eigenvalue weighted by Crippen LogP contribution is 2.34. The standard InChI is InChI=1S/C28H37N/c1-8-20(4)18-23(7)29-28(24(9-2)10-3)27-17-16-26(19-22(27)6)25-13-11-12-21(5)14-15-25/h9,12-15,18-19,24,28-29H,2,7-8,10,16-17H2,1,3-6H3/b20-18-. The maximum absolute atomic E-state index is 4.27. The van der Waals surface area contributed by atoms with Crippen LogP contribution in [0.3, 0.4) is 0 Å². The maximum atomic E-state index is 4.27. The van der Waals surface area contributed by atoms with Crippen LogP contribution in [0.15, 0.2) is 101 Å². The fourth-order valence-corrected chi connectivity index (χ4v) is 3.93. The van der Waals surface area contributed by atoms with Gasteiger partial charge in [-0.25, -0.2) is 0 Å². The second-order valence-corrected chi connectivity index (χ2v) is 8.17. The van der Waals surface area contributed by atoms with Gasteiger partial charge in [0.2, 0.25) is 0 Å². The Morgan fingerprint density at radius 2 is 1.97 bits per heavy atom. The topological polar surface area (TPSA) is 12.0 Å². The van der Waals surface area contributed by atoms with Crippen molar-refractivity contribution in [3.63, 3.8) is 0 Å². The molecule has 2 unspecified atom stereocenters. The summed E-state index contributed by atoms with van der Waals surface area (Å²) in [6.07, 6.45) is 19.3. The van der Waals surface area contributed by atoms with Crippen molar-refractivity contribution in [1.82, 2.24) is 5.32 Å². The Bertz CT molecular complexity index is 860. The van der Waals surface area contributed by atoms with Crippen LogP contribution in [0.2, 0.25) is 0 Å². The first-order valence-corrected chi connectivity index (χ1v) is 10.9. The lowest BCUT2D eigenvalue weighted by molar-refractivity contribution is 0.466. The zero-order valence-electron chi connectivity index (χ0n) is 18.9. The highest BCUT2D eigenvalue weighted by Gasteiger charge is 2.25. The number of nitrogens with one attached hydrogen (secondary N) is 1. The van der Waals surface area contributed by atoms with E-state index in [0.29, 0.717) is 5.92 Å². The van der Waals surface area contributed by atoms with Crippen LogP contribution in [0, 0.1) is 5.92 Å². The highest BCUT2D eigenvalue weighted by molar-refractivity contribution is 5.50. The molecular weight excluding hydrogens is 350 g/mol. The molecule has 0 bridgehead atoms. The fourth-order valence-electron chi connectivity index (χ4n) is 3.93. The Morgan fingerprint density at radius 3 is 2.59 bits per heavy atom. The number of hydrogen-bond donors (Lipinski definition) is 1. The van der Waals surface area contributed by atoms with Gasteiger partial charge in [-0.3, -0.25) is 0 Å². The van der Waals surface area contributed by atoms with E-state index < -0.39 is 0 Å². The van der Waals surface area contributed by atoms with Gasteiger partial charge in [0.1, 0.15) is 0 Å². The van der Waals surface area contributed by atoms with E-state index in [4.69, 9.17) is 0 Å². The minimum absolute atomic E-state index is 0.240. The lowest BCUT2D eigenvalue weighted by atomic mass is 9.80. The molecule has 0 saturated heterocycles. The summed E-state index contributed by atoms with van der Waals surface area (Å²) >= 11 is 0. The normalized spacial score (nSPS) is 19.1. The number of rotatable bonds is 9. The molecule has 0 aromatic rings.